The number of nitrogens with one attached hydrogen (secondary N) is 1. The third-order valence-electron chi connectivity index (χ3n) is 3.57. The molecule has 18 heavy (non-hydrogen) atoms. The first-order valence-electron chi connectivity index (χ1n) is 6.21. The van der Waals surface area contributed by atoms with Crippen LogP contribution in [-0.2, 0) is 0 Å². The number of amides is 1. The first-order chi connectivity index (χ1) is 8.74. The molecule has 2 unspecified atom stereocenters. The minimum atomic E-state index is -0.0106. The quantitative estimate of drug-likeness (QED) is 0.845. The summed E-state index contributed by atoms with van der Waals surface area (Å²) in [4.78, 5) is 12.6. The second-order valence-corrected chi connectivity index (χ2v) is 5.89. The van der Waals surface area contributed by atoms with Crippen LogP contribution in [0, 0.1) is 11.8 Å². The molecular formula is C13H18ClNO2S. The summed E-state index contributed by atoms with van der Waals surface area (Å²) in [5.74, 6) is 2.53. The molecule has 0 saturated heterocycles. The molecule has 0 bridgehead atoms. The normalized spacial score (nSPS) is 23.0. The van der Waals surface area contributed by atoms with Gasteiger partial charge < -0.3 is 10.1 Å². The lowest BCUT2D eigenvalue weighted by molar-refractivity contribution is 0.0948. The smallest absolute Gasteiger partial charge is 0.261 e. The van der Waals surface area contributed by atoms with Crippen LogP contribution >= 0.6 is 22.9 Å². The molecule has 0 spiro atoms. The van der Waals surface area contributed by atoms with Crippen molar-refractivity contribution in [3.63, 3.8) is 0 Å². The maximum atomic E-state index is 11.9. The zero-order valence-corrected chi connectivity index (χ0v) is 12.0. The Hall–Kier alpha value is -0.740. The molecule has 1 N–H and O–H groups in total. The molecule has 1 aliphatic rings. The summed E-state index contributed by atoms with van der Waals surface area (Å²) in [6.45, 7) is 0.733. The Morgan fingerprint density at radius 1 is 1.56 bits per heavy atom. The van der Waals surface area contributed by atoms with Crippen LogP contribution < -0.4 is 10.1 Å². The van der Waals surface area contributed by atoms with E-state index in [-0.39, 0.29) is 5.91 Å². The van der Waals surface area contributed by atoms with Crippen molar-refractivity contribution in [1.29, 1.82) is 0 Å². The molecular weight excluding hydrogens is 270 g/mol. The molecule has 5 heteroatoms. The predicted octanol–water partition coefficient (Wildman–Crippen LogP) is 3.14. The summed E-state index contributed by atoms with van der Waals surface area (Å²) in [6.07, 6.45) is 3.59. The average Bonchev–Trinajstić information content (AvgIpc) is 3.04. The number of carbonyl (C=O) groups is 1. The number of thiophene rings is 1. The number of halogens is 1. The Morgan fingerprint density at radius 3 is 3.00 bits per heavy atom. The van der Waals surface area contributed by atoms with E-state index >= 15 is 0 Å². The van der Waals surface area contributed by atoms with Crippen molar-refractivity contribution in [1.82, 2.24) is 5.32 Å². The molecule has 1 heterocycles. The summed E-state index contributed by atoms with van der Waals surface area (Å²) < 4.78 is 5.07. The van der Waals surface area contributed by atoms with Crippen molar-refractivity contribution in [2.45, 2.75) is 19.3 Å². The highest BCUT2D eigenvalue weighted by Gasteiger charge is 2.26. The lowest BCUT2D eigenvalue weighted by atomic mass is 9.98. The van der Waals surface area contributed by atoms with Gasteiger partial charge in [0.2, 0.25) is 0 Å². The van der Waals surface area contributed by atoms with E-state index in [9.17, 15) is 4.79 Å². The average molecular weight is 288 g/mol. The van der Waals surface area contributed by atoms with E-state index in [1.807, 2.05) is 5.38 Å². The van der Waals surface area contributed by atoms with Crippen molar-refractivity contribution < 1.29 is 9.53 Å². The van der Waals surface area contributed by atoms with E-state index in [1.54, 1.807) is 13.2 Å². The van der Waals surface area contributed by atoms with Gasteiger partial charge in [-0.1, -0.05) is 6.42 Å². The first kappa shape index (κ1) is 13.7. The number of rotatable bonds is 5. The van der Waals surface area contributed by atoms with Gasteiger partial charge in [0, 0.05) is 23.9 Å². The third-order valence-corrected chi connectivity index (χ3v) is 4.88. The molecule has 2 atom stereocenters. The fourth-order valence-electron chi connectivity index (χ4n) is 2.44. The maximum Gasteiger partial charge on any atom is 0.261 e. The Bertz CT molecular complexity index is 407. The summed E-state index contributed by atoms with van der Waals surface area (Å²) in [5.41, 5.74) is 0. The largest absolute Gasteiger partial charge is 0.496 e. The maximum absolute atomic E-state index is 11.9. The molecule has 1 fully saturated rings. The summed E-state index contributed by atoms with van der Waals surface area (Å²) in [7, 11) is 1.60. The van der Waals surface area contributed by atoms with Crippen molar-refractivity contribution in [3.8, 4) is 5.75 Å². The molecule has 1 saturated carbocycles. The van der Waals surface area contributed by atoms with Gasteiger partial charge in [0.15, 0.2) is 0 Å². The summed E-state index contributed by atoms with van der Waals surface area (Å²) >= 11 is 7.34. The van der Waals surface area contributed by atoms with Crippen LogP contribution in [0.3, 0.4) is 0 Å². The van der Waals surface area contributed by atoms with Crippen LogP contribution in [0.4, 0.5) is 0 Å². The van der Waals surface area contributed by atoms with Crippen LogP contribution in [0.5, 0.6) is 5.75 Å². The number of hydrogen-bond acceptors (Lipinski definition) is 3. The Kier molecular flexibility index (Phi) is 4.89. The predicted molar refractivity (Wildman–Crippen MR) is 74.8 cm³/mol. The van der Waals surface area contributed by atoms with Crippen molar-refractivity contribution in [2.75, 3.05) is 19.5 Å². The number of ether oxygens (including phenoxy) is 1. The van der Waals surface area contributed by atoms with Crippen molar-refractivity contribution in [3.05, 3.63) is 16.3 Å². The van der Waals surface area contributed by atoms with Crippen LogP contribution in [0.25, 0.3) is 0 Å². The Morgan fingerprint density at radius 2 is 2.33 bits per heavy atom. The molecule has 100 valence electrons. The summed E-state index contributed by atoms with van der Waals surface area (Å²) in [5, 5.41) is 4.84. The Balaban J connectivity index is 1.84. The van der Waals surface area contributed by atoms with E-state index in [4.69, 9.17) is 16.3 Å². The number of carbonyl (C=O) groups excluding carboxylic acids is 1. The molecule has 1 aromatic heterocycles. The minimum Gasteiger partial charge on any atom is -0.496 e. The standard InChI is InChI=1S/C13H18ClNO2S/c1-17-11-5-12(18-8-11)13(16)15-7-10-4-2-3-9(10)6-14/h5,8-10H,2-4,6-7H2,1H3,(H,15,16). The van der Waals surface area contributed by atoms with E-state index < -0.39 is 0 Å². The van der Waals surface area contributed by atoms with E-state index in [2.05, 4.69) is 5.32 Å². The zero-order valence-electron chi connectivity index (χ0n) is 10.4. The van der Waals surface area contributed by atoms with Gasteiger partial charge in [-0.2, -0.15) is 0 Å². The van der Waals surface area contributed by atoms with Gasteiger partial charge in [0.25, 0.3) is 5.91 Å². The summed E-state index contributed by atoms with van der Waals surface area (Å²) in [6, 6.07) is 1.77. The van der Waals surface area contributed by atoms with Gasteiger partial charge >= 0.3 is 0 Å². The number of alkyl halides is 1. The molecule has 0 radical (unpaired) electrons. The zero-order chi connectivity index (χ0) is 13.0. The number of hydrogen-bond donors (Lipinski definition) is 1. The highest BCUT2D eigenvalue weighted by Crippen LogP contribution is 2.32. The molecule has 3 nitrogen and oxygen atoms in total. The number of methoxy groups -OCH3 is 1. The lowest BCUT2D eigenvalue weighted by Crippen LogP contribution is -2.30. The Labute approximate surface area is 116 Å². The second-order valence-electron chi connectivity index (χ2n) is 4.67. The van der Waals surface area contributed by atoms with Gasteiger partial charge in [-0.25, -0.2) is 0 Å². The third kappa shape index (κ3) is 3.18. The van der Waals surface area contributed by atoms with Gasteiger partial charge in [-0.3, -0.25) is 4.79 Å². The minimum absolute atomic E-state index is 0.0106. The molecule has 1 amide bonds. The van der Waals surface area contributed by atoms with Crippen LogP contribution in [0.1, 0.15) is 28.9 Å². The fraction of sp³-hybridized carbons (Fsp3) is 0.615. The molecule has 0 aliphatic heterocycles. The van der Waals surface area contributed by atoms with Gasteiger partial charge in [-0.15, -0.1) is 22.9 Å². The monoisotopic (exact) mass is 287 g/mol. The van der Waals surface area contributed by atoms with E-state index in [1.165, 1.54) is 30.6 Å². The van der Waals surface area contributed by atoms with Gasteiger partial charge in [-0.05, 0) is 24.7 Å². The van der Waals surface area contributed by atoms with Crippen molar-refractivity contribution >= 4 is 28.8 Å². The highest BCUT2D eigenvalue weighted by molar-refractivity contribution is 7.12. The SMILES string of the molecule is COc1csc(C(=O)NCC2CCCC2CCl)c1. The van der Waals surface area contributed by atoms with E-state index in [0.29, 0.717) is 22.6 Å². The first-order valence-corrected chi connectivity index (χ1v) is 7.62. The van der Waals surface area contributed by atoms with Gasteiger partial charge in [0.05, 0.1) is 12.0 Å². The molecule has 0 aromatic carbocycles. The molecule has 1 aromatic rings. The van der Waals surface area contributed by atoms with Crippen LogP contribution in [0.2, 0.25) is 0 Å². The highest BCUT2D eigenvalue weighted by atomic mass is 35.5. The second kappa shape index (κ2) is 6.43. The fourth-order valence-corrected chi connectivity index (χ4v) is 3.62. The lowest BCUT2D eigenvalue weighted by Gasteiger charge is -2.17. The molecule has 2 rings (SSSR count). The van der Waals surface area contributed by atoms with E-state index in [0.717, 1.165) is 12.3 Å². The van der Waals surface area contributed by atoms with Gasteiger partial charge in [0.1, 0.15) is 5.75 Å². The van der Waals surface area contributed by atoms with Crippen LogP contribution in [-0.4, -0.2) is 25.4 Å². The van der Waals surface area contributed by atoms with Crippen LogP contribution in [0.15, 0.2) is 11.4 Å². The molecule has 1 aliphatic carbocycles. The van der Waals surface area contributed by atoms with Crippen molar-refractivity contribution in [2.24, 2.45) is 11.8 Å². The topological polar surface area (TPSA) is 38.3 Å².